The molecule has 0 spiro atoms. The lowest BCUT2D eigenvalue weighted by Gasteiger charge is -2.14. The van der Waals surface area contributed by atoms with E-state index < -0.39 is 0 Å². The van der Waals surface area contributed by atoms with Crippen molar-refractivity contribution in [1.82, 2.24) is 19.5 Å². The molecule has 6 heteroatoms. The Labute approximate surface area is 121 Å². The lowest BCUT2D eigenvalue weighted by molar-refractivity contribution is 0.827. The molecule has 2 N–H and O–H groups in total. The van der Waals surface area contributed by atoms with Crippen LogP contribution in [-0.2, 0) is 0 Å². The van der Waals surface area contributed by atoms with E-state index in [-0.39, 0.29) is 11.7 Å². The number of benzene rings is 1. The predicted octanol–water partition coefficient (Wildman–Crippen LogP) is 2.13. The lowest BCUT2D eigenvalue weighted by atomic mass is 10.2. The number of anilines is 1. The molecule has 0 aliphatic heterocycles. The second kappa shape index (κ2) is 5.62. The van der Waals surface area contributed by atoms with Gasteiger partial charge in [0.05, 0.1) is 23.6 Å². The minimum atomic E-state index is -0.149. The zero-order chi connectivity index (χ0) is 14.7. The zero-order valence-electron chi connectivity index (χ0n) is 11.5. The molecule has 0 amide bonds. The maximum Gasteiger partial charge on any atom is 0.330 e. The summed E-state index contributed by atoms with van der Waals surface area (Å²) in [5, 5.41) is 3.35. The second-order valence-corrected chi connectivity index (χ2v) is 4.68. The van der Waals surface area contributed by atoms with Crippen LogP contribution in [0.3, 0.4) is 0 Å². The highest BCUT2D eigenvalue weighted by atomic mass is 16.1. The number of hydrogen-bond acceptors (Lipinski definition) is 4. The van der Waals surface area contributed by atoms with Gasteiger partial charge in [0, 0.05) is 30.5 Å². The predicted molar refractivity (Wildman–Crippen MR) is 80.5 cm³/mol. The van der Waals surface area contributed by atoms with Gasteiger partial charge in [0.2, 0.25) is 0 Å². The molecule has 0 bridgehead atoms. The molecular weight excluding hydrogens is 266 g/mol. The smallest absolute Gasteiger partial charge is 0.330 e. The van der Waals surface area contributed by atoms with Crippen LogP contribution in [0.2, 0.25) is 0 Å². The Balaban J connectivity index is 1.76. The largest absolute Gasteiger partial charge is 0.377 e. The van der Waals surface area contributed by atoms with Gasteiger partial charge in [-0.3, -0.25) is 14.5 Å². The average Bonchev–Trinajstić information content (AvgIpc) is 2.95. The van der Waals surface area contributed by atoms with Crippen LogP contribution < -0.4 is 11.0 Å². The van der Waals surface area contributed by atoms with Crippen molar-refractivity contribution in [2.45, 2.75) is 13.0 Å². The number of H-pyrrole nitrogens is 1. The maximum atomic E-state index is 11.5. The summed E-state index contributed by atoms with van der Waals surface area (Å²) < 4.78 is 1.55. The molecule has 1 aromatic carbocycles. The number of hydrogen-bond donors (Lipinski definition) is 2. The van der Waals surface area contributed by atoms with Gasteiger partial charge in [0.25, 0.3) is 0 Å². The molecule has 0 aliphatic rings. The van der Waals surface area contributed by atoms with Crippen molar-refractivity contribution in [2.75, 3.05) is 5.32 Å². The second-order valence-electron chi connectivity index (χ2n) is 4.68. The third kappa shape index (κ3) is 2.84. The van der Waals surface area contributed by atoms with Crippen LogP contribution in [0.1, 0.15) is 18.7 Å². The molecule has 0 radical (unpaired) electrons. The van der Waals surface area contributed by atoms with Crippen LogP contribution in [0.4, 0.5) is 5.69 Å². The molecule has 0 saturated carbocycles. The van der Waals surface area contributed by atoms with Crippen LogP contribution in [0.5, 0.6) is 0 Å². The molecule has 1 unspecified atom stereocenters. The molecule has 2 aromatic heterocycles. The highest BCUT2D eigenvalue weighted by Crippen LogP contribution is 2.18. The minimum Gasteiger partial charge on any atom is -0.377 e. The molecule has 21 heavy (non-hydrogen) atoms. The summed E-state index contributed by atoms with van der Waals surface area (Å²) in [5.41, 5.74) is 2.51. The molecule has 3 aromatic rings. The number of nitrogens with one attached hydrogen (secondary N) is 2. The molecule has 0 saturated heterocycles. The monoisotopic (exact) mass is 281 g/mol. The van der Waals surface area contributed by atoms with Gasteiger partial charge in [-0.1, -0.05) is 0 Å². The van der Waals surface area contributed by atoms with Gasteiger partial charge in [-0.2, -0.15) is 0 Å². The standard InChI is InChI=1S/C15H15N5O/c1-11(14-10-16-6-7-17-14)19-12-2-4-13(5-3-12)20-9-8-18-15(20)21/h2-11,19H,1H3,(H,18,21). The average molecular weight is 281 g/mol. The third-order valence-corrected chi connectivity index (χ3v) is 3.20. The Morgan fingerprint density at radius 1 is 1.24 bits per heavy atom. The summed E-state index contributed by atoms with van der Waals surface area (Å²) >= 11 is 0. The van der Waals surface area contributed by atoms with E-state index >= 15 is 0 Å². The molecule has 3 rings (SSSR count). The summed E-state index contributed by atoms with van der Waals surface area (Å²) in [6, 6.07) is 7.70. The van der Waals surface area contributed by atoms with E-state index in [1.807, 2.05) is 31.2 Å². The van der Waals surface area contributed by atoms with Gasteiger partial charge in [-0.05, 0) is 31.2 Å². The zero-order valence-corrected chi connectivity index (χ0v) is 11.5. The van der Waals surface area contributed by atoms with E-state index in [1.165, 1.54) is 0 Å². The van der Waals surface area contributed by atoms with E-state index in [0.29, 0.717) is 0 Å². The van der Waals surface area contributed by atoms with Gasteiger partial charge >= 0.3 is 5.69 Å². The number of aromatic amines is 1. The number of rotatable bonds is 4. The lowest BCUT2D eigenvalue weighted by Crippen LogP contribution is -2.14. The van der Waals surface area contributed by atoms with Crippen molar-refractivity contribution < 1.29 is 0 Å². The van der Waals surface area contributed by atoms with Crippen molar-refractivity contribution in [3.63, 3.8) is 0 Å². The van der Waals surface area contributed by atoms with Gasteiger partial charge in [0.15, 0.2) is 0 Å². The van der Waals surface area contributed by atoms with Crippen molar-refractivity contribution in [1.29, 1.82) is 0 Å². The molecule has 0 aliphatic carbocycles. The topological polar surface area (TPSA) is 75.6 Å². The Kier molecular flexibility index (Phi) is 3.51. The fraction of sp³-hybridized carbons (Fsp3) is 0.133. The molecule has 1 atom stereocenters. The van der Waals surface area contributed by atoms with Crippen molar-refractivity contribution in [3.05, 3.63) is 71.4 Å². The number of aromatic nitrogens is 4. The van der Waals surface area contributed by atoms with E-state index in [4.69, 9.17) is 0 Å². The Bertz CT molecular complexity index is 761. The minimum absolute atomic E-state index is 0.0551. The number of imidazole rings is 1. The molecular formula is C15H15N5O. The quantitative estimate of drug-likeness (QED) is 0.768. The van der Waals surface area contributed by atoms with Gasteiger partial charge in [-0.15, -0.1) is 0 Å². The highest BCUT2D eigenvalue weighted by Gasteiger charge is 2.07. The summed E-state index contributed by atoms with van der Waals surface area (Å²) in [6.45, 7) is 2.02. The number of nitrogens with zero attached hydrogens (tertiary/aromatic N) is 3. The van der Waals surface area contributed by atoms with Gasteiger partial charge in [-0.25, -0.2) is 4.79 Å². The first-order valence-electron chi connectivity index (χ1n) is 6.63. The normalized spacial score (nSPS) is 12.0. The van der Waals surface area contributed by atoms with Gasteiger partial charge in [0.1, 0.15) is 0 Å². The van der Waals surface area contributed by atoms with Crippen molar-refractivity contribution in [2.24, 2.45) is 0 Å². The van der Waals surface area contributed by atoms with Crippen LogP contribution in [0.15, 0.2) is 60.0 Å². The van der Waals surface area contributed by atoms with E-state index in [0.717, 1.165) is 17.1 Å². The van der Waals surface area contributed by atoms with Crippen LogP contribution in [0, 0.1) is 0 Å². The fourth-order valence-corrected chi connectivity index (χ4v) is 2.10. The fourth-order valence-electron chi connectivity index (χ4n) is 2.10. The Morgan fingerprint density at radius 3 is 2.67 bits per heavy atom. The van der Waals surface area contributed by atoms with E-state index in [2.05, 4.69) is 20.3 Å². The first kappa shape index (κ1) is 13.1. The van der Waals surface area contributed by atoms with Crippen LogP contribution in [0.25, 0.3) is 5.69 Å². The third-order valence-electron chi connectivity index (χ3n) is 3.20. The first-order valence-corrected chi connectivity index (χ1v) is 6.63. The van der Waals surface area contributed by atoms with E-state index in [9.17, 15) is 4.79 Å². The summed E-state index contributed by atoms with van der Waals surface area (Å²) in [6.07, 6.45) is 8.39. The first-order chi connectivity index (χ1) is 10.2. The SMILES string of the molecule is CC(Nc1ccc(-n2cc[nH]c2=O)cc1)c1cnccn1. The van der Waals surface area contributed by atoms with Crippen molar-refractivity contribution >= 4 is 5.69 Å². The van der Waals surface area contributed by atoms with Crippen molar-refractivity contribution in [3.8, 4) is 5.69 Å². The molecule has 2 heterocycles. The van der Waals surface area contributed by atoms with Gasteiger partial charge < -0.3 is 10.3 Å². The summed E-state index contributed by atoms with van der Waals surface area (Å²) in [7, 11) is 0. The van der Waals surface area contributed by atoms with Crippen LogP contribution >= 0.6 is 0 Å². The summed E-state index contributed by atoms with van der Waals surface area (Å²) in [4.78, 5) is 22.5. The van der Waals surface area contributed by atoms with E-state index in [1.54, 1.807) is 35.6 Å². The molecule has 106 valence electrons. The summed E-state index contributed by atoms with van der Waals surface area (Å²) in [5.74, 6) is 0. The highest BCUT2D eigenvalue weighted by molar-refractivity contribution is 5.49. The maximum absolute atomic E-state index is 11.5. The molecule has 0 fully saturated rings. The Hall–Kier alpha value is -2.89. The van der Waals surface area contributed by atoms with Crippen LogP contribution in [-0.4, -0.2) is 19.5 Å². The molecule has 6 nitrogen and oxygen atoms in total. The Morgan fingerprint density at radius 2 is 2.05 bits per heavy atom.